The number of nitrogens with zero attached hydrogens (tertiary/aromatic N) is 2. The summed E-state index contributed by atoms with van der Waals surface area (Å²) in [5.41, 5.74) is 1.82. The molecule has 4 rings (SSSR count). The molecule has 6 nitrogen and oxygen atoms in total. The van der Waals surface area contributed by atoms with Gasteiger partial charge in [-0.2, -0.15) is 4.98 Å². The van der Waals surface area contributed by atoms with Crippen molar-refractivity contribution >= 4 is 45.9 Å². The Kier molecular flexibility index (Phi) is 6.33. The number of carbonyl (C=O) groups is 1. The number of fused-ring (bicyclic) bond motifs is 1. The highest BCUT2D eigenvalue weighted by Gasteiger charge is 2.22. The maximum atomic E-state index is 11.1. The second-order valence-corrected chi connectivity index (χ2v) is 8.28. The molecule has 0 atom stereocenters. The molecule has 1 aliphatic carbocycles. The largest absolute Gasteiger partial charge is 0.356 e. The molecule has 1 aliphatic rings. The summed E-state index contributed by atoms with van der Waals surface area (Å²) in [6.45, 7) is 2.34. The Labute approximate surface area is 181 Å². The molecular weight excluding hydrogens is 398 g/mol. The maximum absolute atomic E-state index is 11.1. The first-order chi connectivity index (χ1) is 14.6. The van der Waals surface area contributed by atoms with Gasteiger partial charge in [-0.05, 0) is 68.0 Å². The normalized spacial score (nSPS) is 18.7. The van der Waals surface area contributed by atoms with Gasteiger partial charge in [0.1, 0.15) is 5.82 Å². The monoisotopic (exact) mass is 423 g/mol. The van der Waals surface area contributed by atoms with Crippen molar-refractivity contribution in [2.24, 2.45) is 5.92 Å². The lowest BCUT2D eigenvalue weighted by Crippen LogP contribution is -2.33. The highest BCUT2D eigenvalue weighted by atomic mass is 35.5. The number of aromatic nitrogens is 2. The second kappa shape index (κ2) is 9.30. The zero-order valence-electron chi connectivity index (χ0n) is 17.0. The van der Waals surface area contributed by atoms with Crippen molar-refractivity contribution in [1.29, 1.82) is 0 Å². The van der Waals surface area contributed by atoms with Crippen LogP contribution >= 0.6 is 11.6 Å². The summed E-state index contributed by atoms with van der Waals surface area (Å²) in [6, 6.07) is 15.9. The number of rotatable bonds is 6. The SMILES string of the molecule is CC(=O)NC[C@H]1CC[C@H](Nc2nc(Nc3ccc(Cl)cc3)c3ccccc3n2)CC1. The molecule has 0 saturated heterocycles. The molecule has 2 aromatic carbocycles. The fourth-order valence-corrected chi connectivity index (χ4v) is 4.01. The van der Waals surface area contributed by atoms with E-state index < -0.39 is 0 Å². The number of nitrogens with one attached hydrogen (secondary N) is 3. The molecule has 1 heterocycles. The van der Waals surface area contributed by atoms with Crippen molar-refractivity contribution in [3.8, 4) is 0 Å². The predicted octanol–water partition coefficient (Wildman–Crippen LogP) is 5.13. The van der Waals surface area contributed by atoms with Crippen molar-refractivity contribution in [1.82, 2.24) is 15.3 Å². The molecule has 156 valence electrons. The average Bonchev–Trinajstić information content (AvgIpc) is 2.75. The van der Waals surface area contributed by atoms with Crippen LogP contribution in [0.2, 0.25) is 5.02 Å². The predicted molar refractivity (Wildman–Crippen MR) is 122 cm³/mol. The number of amides is 1. The Morgan fingerprint density at radius 3 is 2.50 bits per heavy atom. The molecule has 0 spiro atoms. The van der Waals surface area contributed by atoms with Crippen LogP contribution in [0.15, 0.2) is 48.5 Å². The number of hydrogen-bond donors (Lipinski definition) is 3. The van der Waals surface area contributed by atoms with E-state index in [1.807, 2.05) is 48.5 Å². The highest BCUT2D eigenvalue weighted by Crippen LogP contribution is 2.29. The molecular formula is C23H26ClN5O. The smallest absolute Gasteiger partial charge is 0.225 e. The highest BCUT2D eigenvalue weighted by molar-refractivity contribution is 6.30. The lowest BCUT2D eigenvalue weighted by atomic mass is 9.86. The lowest BCUT2D eigenvalue weighted by molar-refractivity contribution is -0.119. The van der Waals surface area contributed by atoms with Crippen LogP contribution in [0.1, 0.15) is 32.6 Å². The van der Waals surface area contributed by atoms with Crippen molar-refractivity contribution in [3.63, 3.8) is 0 Å². The first-order valence-electron chi connectivity index (χ1n) is 10.4. The average molecular weight is 424 g/mol. The Bertz CT molecular complexity index is 1020. The van der Waals surface area contributed by atoms with Crippen LogP contribution in [0.5, 0.6) is 0 Å². The molecule has 0 unspecified atom stereocenters. The lowest BCUT2D eigenvalue weighted by Gasteiger charge is -2.29. The third-order valence-electron chi connectivity index (χ3n) is 5.53. The van der Waals surface area contributed by atoms with E-state index in [4.69, 9.17) is 21.6 Å². The Morgan fingerprint density at radius 1 is 1.03 bits per heavy atom. The Morgan fingerprint density at radius 2 is 1.77 bits per heavy atom. The van der Waals surface area contributed by atoms with Gasteiger partial charge in [0.25, 0.3) is 0 Å². The molecule has 3 N–H and O–H groups in total. The molecule has 3 aromatic rings. The minimum Gasteiger partial charge on any atom is -0.356 e. The van der Waals surface area contributed by atoms with Gasteiger partial charge in [-0.1, -0.05) is 23.7 Å². The van der Waals surface area contributed by atoms with Crippen LogP contribution < -0.4 is 16.0 Å². The molecule has 0 bridgehead atoms. The van der Waals surface area contributed by atoms with E-state index in [0.717, 1.165) is 54.6 Å². The molecule has 1 saturated carbocycles. The van der Waals surface area contributed by atoms with Crippen LogP contribution in [0.25, 0.3) is 10.9 Å². The quantitative estimate of drug-likeness (QED) is 0.512. The summed E-state index contributed by atoms with van der Waals surface area (Å²) in [6.07, 6.45) is 4.25. The number of anilines is 3. The number of benzene rings is 2. The Balaban J connectivity index is 1.48. The van der Waals surface area contributed by atoms with Crippen molar-refractivity contribution in [3.05, 3.63) is 53.6 Å². The fraction of sp³-hybridized carbons (Fsp3) is 0.348. The van der Waals surface area contributed by atoms with Crippen molar-refractivity contribution < 1.29 is 4.79 Å². The van der Waals surface area contributed by atoms with Crippen LogP contribution in [0.4, 0.5) is 17.5 Å². The number of carbonyl (C=O) groups excluding carboxylic acids is 1. The fourth-order valence-electron chi connectivity index (χ4n) is 3.89. The summed E-state index contributed by atoms with van der Waals surface area (Å²) < 4.78 is 0. The van der Waals surface area contributed by atoms with Gasteiger partial charge in [0.2, 0.25) is 11.9 Å². The molecule has 7 heteroatoms. The third kappa shape index (κ3) is 5.19. The van der Waals surface area contributed by atoms with E-state index in [-0.39, 0.29) is 5.91 Å². The molecule has 30 heavy (non-hydrogen) atoms. The maximum Gasteiger partial charge on any atom is 0.225 e. The number of halogens is 1. The summed E-state index contributed by atoms with van der Waals surface area (Å²) in [5.74, 6) is 1.99. The van der Waals surface area contributed by atoms with E-state index in [1.165, 1.54) is 0 Å². The van der Waals surface area contributed by atoms with Gasteiger partial charge in [-0.3, -0.25) is 4.79 Å². The van der Waals surface area contributed by atoms with E-state index in [2.05, 4.69) is 16.0 Å². The van der Waals surface area contributed by atoms with Gasteiger partial charge >= 0.3 is 0 Å². The van der Waals surface area contributed by atoms with E-state index in [0.29, 0.717) is 22.9 Å². The molecule has 0 radical (unpaired) electrons. The number of hydrogen-bond acceptors (Lipinski definition) is 5. The van der Waals surface area contributed by atoms with Crippen molar-refractivity contribution in [2.45, 2.75) is 38.6 Å². The first-order valence-corrected chi connectivity index (χ1v) is 10.7. The minimum absolute atomic E-state index is 0.0422. The molecule has 0 aliphatic heterocycles. The molecule has 1 aromatic heterocycles. The van der Waals surface area contributed by atoms with Gasteiger partial charge < -0.3 is 16.0 Å². The van der Waals surface area contributed by atoms with E-state index in [1.54, 1.807) is 6.92 Å². The van der Waals surface area contributed by atoms with E-state index in [9.17, 15) is 4.79 Å². The topological polar surface area (TPSA) is 78.9 Å². The van der Waals surface area contributed by atoms with Gasteiger partial charge in [0, 0.05) is 35.6 Å². The van der Waals surface area contributed by atoms with Crippen LogP contribution in [0.3, 0.4) is 0 Å². The summed E-state index contributed by atoms with van der Waals surface area (Å²) >= 11 is 6.00. The van der Waals surface area contributed by atoms with E-state index >= 15 is 0 Å². The zero-order valence-corrected chi connectivity index (χ0v) is 17.7. The first kappa shape index (κ1) is 20.4. The van der Waals surface area contributed by atoms with Crippen LogP contribution in [-0.4, -0.2) is 28.5 Å². The Hall–Kier alpha value is -2.86. The zero-order chi connectivity index (χ0) is 20.9. The van der Waals surface area contributed by atoms with Gasteiger partial charge in [-0.25, -0.2) is 4.98 Å². The summed E-state index contributed by atoms with van der Waals surface area (Å²) in [7, 11) is 0. The van der Waals surface area contributed by atoms with Gasteiger partial charge in [0.05, 0.1) is 5.52 Å². The summed E-state index contributed by atoms with van der Waals surface area (Å²) in [4.78, 5) is 20.6. The minimum atomic E-state index is 0.0422. The van der Waals surface area contributed by atoms with Gasteiger partial charge in [-0.15, -0.1) is 0 Å². The molecule has 1 amide bonds. The second-order valence-electron chi connectivity index (χ2n) is 7.84. The van der Waals surface area contributed by atoms with Crippen molar-refractivity contribution in [2.75, 3.05) is 17.2 Å². The standard InChI is InChI=1S/C23H26ClN5O/c1-15(30)25-14-16-6-10-19(11-7-16)27-23-28-21-5-3-2-4-20(21)22(29-23)26-18-12-8-17(24)9-13-18/h2-5,8-9,12-13,16,19H,6-7,10-11,14H2,1H3,(H,25,30)(H2,26,27,28,29)/t16-,19-. The molecule has 1 fully saturated rings. The third-order valence-corrected chi connectivity index (χ3v) is 5.78. The van der Waals surface area contributed by atoms with Crippen LogP contribution in [-0.2, 0) is 4.79 Å². The number of para-hydroxylation sites is 1. The summed E-state index contributed by atoms with van der Waals surface area (Å²) in [5, 5.41) is 11.5. The van der Waals surface area contributed by atoms with Gasteiger partial charge in [0.15, 0.2) is 0 Å². The van der Waals surface area contributed by atoms with Crippen LogP contribution in [0, 0.1) is 5.92 Å².